The molecule has 4 heterocycles. The van der Waals surface area contributed by atoms with E-state index in [9.17, 15) is 5.26 Å². The van der Waals surface area contributed by atoms with Crippen LogP contribution in [-0.4, -0.2) is 19.1 Å². The van der Waals surface area contributed by atoms with Gasteiger partial charge in [-0.15, -0.1) is 0 Å². The number of pyridine rings is 2. The maximum absolute atomic E-state index is 15.1. The van der Waals surface area contributed by atoms with Crippen molar-refractivity contribution < 1.29 is 26.3 Å². The average Bonchev–Trinajstić information content (AvgIpc) is 3.92. The molecular formula is C61H35F6N5. The van der Waals surface area contributed by atoms with E-state index >= 15 is 26.3 Å². The molecule has 0 aliphatic rings. The van der Waals surface area contributed by atoms with Gasteiger partial charge in [-0.05, 0) is 83.9 Å². The number of hydrogen-bond donors (Lipinski definition) is 0. The predicted octanol–water partition coefficient (Wildman–Crippen LogP) is 16.9. The summed E-state index contributed by atoms with van der Waals surface area (Å²) in [5.74, 6) is 0. The van der Waals surface area contributed by atoms with Gasteiger partial charge in [-0.1, -0.05) is 127 Å². The molecule has 0 N–H and O–H groups in total. The van der Waals surface area contributed by atoms with Gasteiger partial charge in [-0.3, -0.25) is 9.97 Å². The molecule has 8 aromatic carbocycles. The normalized spacial score (nSPS) is 12.0. The third-order valence-electron chi connectivity index (χ3n) is 13.3. The van der Waals surface area contributed by atoms with Crippen LogP contribution in [0.5, 0.6) is 0 Å². The third kappa shape index (κ3) is 7.43. The van der Waals surface area contributed by atoms with E-state index in [1.165, 1.54) is 12.1 Å². The number of para-hydroxylation sites is 2. The monoisotopic (exact) mass is 951 g/mol. The number of fused-ring (bicyclic) bond motifs is 6. The van der Waals surface area contributed by atoms with E-state index in [0.29, 0.717) is 39.9 Å². The Bertz CT molecular complexity index is 4080. The smallest absolute Gasteiger partial charge is 0.307 e. The molecule has 0 unspecified atom stereocenters. The number of nitriles is 1. The molecule has 0 spiro atoms. The molecule has 12 rings (SSSR count). The second kappa shape index (κ2) is 17.0. The van der Waals surface area contributed by atoms with Crippen molar-refractivity contribution in [3.05, 3.63) is 229 Å². The van der Waals surface area contributed by atoms with Crippen molar-refractivity contribution in [2.24, 2.45) is 0 Å². The summed E-state index contributed by atoms with van der Waals surface area (Å²) in [5.41, 5.74) is 5.18. The van der Waals surface area contributed by atoms with Crippen LogP contribution in [0.1, 0.15) is 16.7 Å². The summed E-state index contributed by atoms with van der Waals surface area (Å²) in [6.45, 7) is 0. The first-order valence-electron chi connectivity index (χ1n) is 22.9. The van der Waals surface area contributed by atoms with Gasteiger partial charge in [0.25, 0.3) is 0 Å². The Morgan fingerprint density at radius 2 is 0.792 bits per heavy atom. The van der Waals surface area contributed by atoms with Gasteiger partial charge >= 0.3 is 12.4 Å². The van der Waals surface area contributed by atoms with E-state index in [4.69, 9.17) is 9.97 Å². The Balaban J connectivity index is 1.13. The van der Waals surface area contributed by atoms with Crippen molar-refractivity contribution in [2.45, 2.75) is 12.4 Å². The fraction of sp³-hybridized carbons (Fsp3) is 0.0328. The number of hydrogen-bond acceptors (Lipinski definition) is 3. The summed E-state index contributed by atoms with van der Waals surface area (Å²) in [7, 11) is 0. The van der Waals surface area contributed by atoms with Crippen LogP contribution in [0.15, 0.2) is 213 Å². The van der Waals surface area contributed by atoms with Crippen molar-refractivity contribution in [2.75, 3.05) is 0 Å². The lowest BCUT2D eigenvalue weighted by Crippen LogP contribution is -2.15. The first-order chi connectivity index (χ1) is 34.9. The molecule has 72 heavy (non-hydrogen) atoms. The number of benzene rings is 8. The molecular weight excluding hydrogens is 917 g/mol. The van der Waals surface area contributed by atoms with Crippen LogP contribution in [0.25, 0.3) is 111 Å². The number of halogens is 6. The molecule has 0 saturated carbocycles. The number of nitrogens with zero attached hydrogens (tertiary/aromatic N) is 5. The Kier molecular flexibility index (Phi) is 10.4. The van der Waals surface area contributed by atoms with Crippen molar-refractivity contribution in [3.63, 3.8) is 0 Å². The molecule has 0 atom stereocenters. The highest BCUT2D eigenvalue weighted by molar-refractivity contribution is 6.13. The quantitative estimate of drug-likeness (QED) is 0.150. The van der Waals surface area contributed by atoms with Crippen molar-refractivity contribution in [1.82, 2.24) is 19.1 Å². The van der Waals surface area contributed by atoms with Crippen LogP contribution in [0.2, 0.25) is 0 Å². The fourth-order valence-electron chi connectivity index (χ4n) is 10.1. The van der Waals surface area contributed by atoms with Gasteiger partial charge in [0, 0.05) is 67.3 Å². The molecule has 0 saturated heterocycles. The molecule has 346 valence electrons. The number of rotatable bonds is 7. The molecule has 0 aliphatic carbocycles. The largest absolute Gasteiger partial charge is 0.417 e. The Labute approximate surface area is 407 Å². The van der Waals surface area contributed by atoms with E-state index in [-0.39, 0.29) is 11.3 Å². The lowest BCUT2D eigenvalue weighted by Gasteiger charge is -2.23. The Morgan fingerprint density at radius 3 is 1.22 bits per heavy atom. The lowest BCUT2D eigenvalue weighted by molar-refractivity contribution is -0.142. The lowest BCUT2D eigenvalue weighted by atomic mass is 9.89. The van der Waals surface area contributed by atoms with Gasteiger partial charge < -0.3 is 9.13 Å². The van der Waals surface area contributed by atoms with E-state index in [0.717, 1.165) is 72.4 Å². The molecule has 0 aliphatic heterocycles. The van der Waals surface area contributed by atoms with Gasteiger partial charge in [-0.2, -0.15) is 31.6 Å². The first kappa shape index (κ1) is 44.0. The van der Waals surface area contributed by atoms with Crippen LogP contribution in [0.4, 0.5) is 26.3 Å². The highest BCUT2D eigenvalue weighted by Crippen LogP contribution is 2.48. The number of alkyl halides is 6. The minimum Gasteiger partial charge on any atom is -0.307 e. The van der Waals surface area contributed by atoms with Gasteiger partial charge in [0.15, 0.2) is 0 Å². The molecule has 12 aromatic rings. The van der Waals surface area contributed by atoms with Gasteiger partial charge in [0.05, 0.1) is 67.6 Å². The maximum atomic E-state index is 15.1. The van der Waals surface area contributed by atoms with Crippen LogP contribution in [-0.2, 0) is 12.4 Å². The highest BCUT2D eigenvalue weighted by atomic mass is 19.4. The van der Waals surface area contributed by atoms with E-state index in [1.54, 1.807) is 6.20 Å². The molecule has 0 bridgehead atoms. The molecule has 0 radical (unpaired) electrons. The van der Waals surface area contributed by atoms with Crippen LogP contribution < -0.4 is 0 Å². The standard InChI is InChI=1S/C61H35F6N5/c62-60(63,64)49-18-11-19-50(61(65,66)67)59(49)46-33-58(72-54-21-10-8-17-45(54)48-31-40(25-29-56(48)72)42-23-27-52(70-36-42)38-14-5-2-6-15-38)57(32-43(46)34-68)71-53-20-9-7-16-44(53)47-30-39(24-28-55(47)71)41-22-26-51(69-35-41)37-12-3-1-4-13-37/h1-33,35-36H. The van der Waals surface area contributed by atoms with Crippen LogP contribution >= 0.6 is 0 Å². The van der Waals surface area contributed by atoms with Crippen LogP contribution in [0.3, 0.4) is 0 Å². The maximum Gasteiger partial charge on any atom is 0.417 e. The molecule has 5 nitrogen and oxygen atoms in total. The molecule has 11 heteroatoms. The zero-order valence-electron chi connectivity index (χ0n) is 37.7. The van der Waals surface area contributed by atoms with Crippen molar-refractivity contribution in [3.8, 4) is 73.3 Å². The molecule has 0 amide bonds. The zero-order valence-corrected chi connectivity index (χ0v) is 37.7. The SMILES string of the molecule is N#Cc1cc(-n2c3ccccc3c3cc(-c4ccc(-c5ccccc5)nc4)ccc32)c(-n2c3ccccc3c3cc(-c4ccc(-c5ccccc5)nc4)ccc32)cc1-c1c(C(F)(F)F)cccc1C(F)(F)F. The highest BCUT2D eigenvalue weighted by Gasteiger charge is 2.42. The topological polar surface area (TPSA) is 59.4 Å². The predicted molar refractivity (Wildman–Crippen MR) is 273 cm³/mol. The Hall–Kier alpha value is -9.27. The molecule has 0 fully saturated rings. The minimum atomic E-state index is -5.21. The average molecular weight is 952 g/mol. The van der Waals surface area contributed by atoms with E-state index in [1.807, 2.05) is 191 Å². The van der Waals surface area contributed by atoms with E-state index < -0.39 is 34.6 Å². The summed E-state index contributed by atoms with van der Waals surface area (Å²) in [6, 6.07) is 61.2. The summed E-state index contributed by atoms with van der Waals surface area (Å²) in [4.78, 5) is 9.51. The van der Waals surface area contributed by atoms with Crippen LogP contribution in [0, 0.1) is 11.3 Å². The second-order valence-electron chi connectivity index (χ2n) is 17.5. The van der Waals surface area contributed by atoms with E-state index in [2.05, 4.69) is 0 Å². The zero-order chi connectivity index (χ0) is 49.3. The second-order valence-corrected chi connectivity index (χ2v) is 17.5. The van der Waals surface area contributed by atoms with Crippen molar-refractivity contribution in [1.29, 1.82) is 5.26 Å². The van der Waals surface area contributed by atoms with Gasteiger partial charge in [0.1, 0.15) is 0 Å². The summed E-state index contributed by atoms with van der Waals surface area (Å²) in [6.07, 6.45) is -6.80. The third-order valence-corrected chi connectivity index (χ3v) is 13.3. The summed E-state index contributed by atoms with van der Waals surface area (Å²) < 4.78 is 94.1. The minimum absolute atomic E-state index is 0.245. The molecule has 4 aromatic heterocycles. The van der Waals surface area contributed by atoms with Gasteiger partial charge in [-0.25, -0.2) is 0 Å². The number of aromatic nitrogens is 4. The summed E-state index contributed by atoms with van der Waals surface area (Å²) in [5, 5.41) is 14.1. The summed E-state index contributed by atoms with van der Waals surface area (Å²) >= 11 is 0. The fourth-order valence-corrected chi connectivity index (χ4v) is 10.1. The van der Waals surface area contributed by atoms with Crippen molar-refractivity contribution >= 4 is 43.6 Å². The first-order valence-corrected chi connectivity index (χ1v) is 22.9. The Morgan fingerprint density at radius 1 is 0.375 bits per heavy atom. The van der Waals surface area contributed by atoms with Gasteiger partial charge in [0.2, 0.25) is 0 Å².